The monoisotopic (exact) mass is 262 g/mol. The van der Waals surface area contributed by atoms with Crippen LogP contribution < -0.4 is 5.73 Å². The first kappa shape index (κ1) is 8.09. The first-order valence-electron chi connectivity index (χ1n) is 2.96. The number of nitrogens with zero attached hydrogens (tertiary/aromatic N) is 3. The Morgan fingerprint density at radius 3 is 2.83 bits per heavy atom. The van der Waals surface area contributed by atoms with Crippen molar-refractivity contribution in [3.05, 3.63) is 9.30 Å². The van der Waals surface area contributed by atoms with Gasteiger partial charge in [-0.2, -0.15) is 9.36 Å². The molecule has 0 unspecified atom stereocenters. The number of hydrogen-bond acceptors (Lipinski definition) is 6. The number of nitrogen functional groups attached to an aromatic ring is 1. The summed E-state index contributed by atoms with van der Waals surface area (Å²) in [6, 6.07) is 0. The molecule has 0 bridgehead atoms. The molecule has 0 radical (unpaired) electrons. The predicted molar refractivity (Wildman–Crippen MR) is 53.1 cm³/mol. The van der Waals surface area contributed by atoms with E-state index >= 15 is 0 Å². The molecule has 2 rings (SSSR count). The van der Waals surface area contributed by atoms with Crippen molar-refractivity contribution in [2.24, 2.45) is 0 Å². The highest BCUT2D eigenvalue weighted by Gasteiger charge is 2.10. The Labute approximate surface area is 84.8 Å². The van der Waals surface area contributed by atoms with Gasteiger partial charge >= 0.3 is 0 Å². The number of rotatable bonds is 1. The van der Waals surface area contributed by atoms with Crippen molar-refractivity contribution in [3.63, 3.8) is 0 Å². The molecule has 0 atom stereocenters. The highest BCUT2D eigenvalue weighted by atomic mass is 79.9. The van der Waals surface area contributed by atoms with Gasteiger partial charge in [-0.3, -0.25) is 0 Å². The molecule has 0 saturated carbocycles. The second-order valence-electron chi connectivity index (χ2n) is 1.93. The molecule has 2 N–H and O–H groups in total. The van der Waals surface area contributed by atoms with E-state index in [4.69, 9.17) is 5.73 Å². The summed E-state index contributed by atoms with van der Waals surface area (Å²) in [7, 11) is 0. The first-order valence-corrected chi connectivity index (χ1v) is 5.40. The maximum Gasteiger partial charge on any atom is 0.232 e. The molecular weight excluding hydrogens is 260 g/mol. The highest BCUT2D eigenvalue weighted by molar-refractivity contribution is 9.11. The van der Waals surface area contributed by atoms with Crippen LogP contribution in [0.5, 0.6) is 0 Å². The third-order valence-electron chi connectivity index (χ3n) is 1.17. The minimum Gasteiger partial charge on any atom is -0.367 e. The Morgan fingerprint density at radius 1 is 1.50 bits per heavy atom. The van der Waals surface area contributed by atoms with Gasteiger partial charge in [0.15, 0.2) is 5.01 Å². The van der Waals surface area contributed by atoms with Crippen LogP contribution in [0.3, 0.4) is 0 Å². The molecular formula is C5H3BrN4S2. The van der Waals surface area contributed by atoms with Crippen LogP contribution in [-0.2, 0) is 0 Å². The summed E-state index contributed by atoms with van der Waals surface area (Å²) < 4.78 is 4.82. The van der Waals surface area contributed by atoms with Crippen LogP contribution in [-0.4, -0.2) is 14.3 Å². The maximum absolute atomic E-state index is 5.38. The first-order chi connectivity index (χ1) is 5.77. The highest BCUT2D eigenvalue weighted by Crippen LogP contribution is 2.31. The van der Waals surface area contributed by atoms with Crippen LogP contribution in [0.4, 0.5) is 5.95 Å². The molecule has 2 aromatic rings. The summed E-state index contributed by atoms with van der Waals surface area (Å²) in [6.45, 7) is 0. The lowest BCUT2D eigenvalue weighted by atomic mass is 10.5. The van der Waals surface area contributed by atoms with E-state index in [2.05, 4.69) is 30.3 Å². The zero-order valence-electron chi connectivity index (χ0n) is 5.69. The van der Waals surface area contributed by atoms with Gasteiger partial charge in [0.2, 0.25) is 5.95 Å². The maximum atomic E-state index is 5.38. The van der Waals surface area contributed by atoms with E-state index in [0.29, 0.717) is 5.95 Å². The summed E-state index contributed by atoms with van der Waals surface area (Å²) >= 11 is 6.13. The van der Waals surface area contributed by atoms with E-state index in [1.54, 1.807) is 5.51 Å². The Kier molecular flexibility index (Phi) is 2.07. The van der Waals surface area contributed by atoms with Gasteiger partial charge in [-0.1, -0.05) is 0 Å². The zero-order valence-corrected chi connectivity index (χ0v) is 8.91. The van der Waals surface area contributed by atoms with E-state index in [0.717, 1.165) is 14.5 Å². The van der Waals surface area contributed by atoms with Crippen molar-refractivity contribution in [2.75, 3.05) is 5.73 Å². The van der Waals surface area contributed by atoms with Gasteiger partial charge in [0.25, 0.3) is 0 Å². The van der Waals surface area contributed by atoms with Gasteiger partial charge in [0, 0.05) is 0 Å². The van der Waals surface area contributed by atoms with Gasteiger partial charge in [-0.25, -0.2) is 4.98 Å². The smallest absolute Gasteiger partial charge is 0.232 e. The van der Waals surface area contributed by atoms with Crippen LogP contribution in [0.15, 0.2) is 9.30 Å². The summed E-state index contributed by atoms with van der Waals surface area (Å²) in [6.07, 6.45) is 0. The zero-order chi connectivity index (χ0) is 8.55. The van der Waals surface area contributed by atoms with Gasteiger partial charge < -0.3 is 5.73 Å². The van der Waals surface area contributed by atoms with Gasteiger partial charge in [0.05, 0.1) is 5.51 Å². The Balaban J connectivity index is 2.50. The van der Waals surface area contributed by atoms with Gasteiger partial charge in [0.1, 0.15) is 9.48 Å². The number of nitrogens with two attached hydrogens (primary N) is 1. The van der Waals surface area contributed by atoms with Crippen LogP contribution in [0, 0.1) is 0 Å². The van der Waals surface area contributed by atoms with Gasteiger partial charge in [-0.15, -0.1) is 11.3 Å². The Bertz CT molecular complexity index is 396. The minimum absolute atomic E-state index is 0.301. The third kappa shape index (κ3) is 1.35. The summed E-state index contributed by atoms with van der Waals surface area (Å²) in [5.74, 6) is 0.301. The molecule has 0 aliphatic rings. The topological polar surface area (TPSA) is 64.7 Å². The van der Waals surface area contributed by atoms with Crippen LogP contribution in [0.1, 0.15) is 0 Å². The van der Waals surface area contributed by atoms with Crippen molar-refractivity contribution in [3.8, 4) is 10.7 Å². The molecule has 2 heterocycles. The second-order valence-corrected chi connectivity index (χ2v) is 4.86. The molecule has 62 valence electrons. The van der Waals surface area contributed by atoms with Gasteiger partial charge in [-0.05, 0) is 27.5 Å². The molecule has 0 amide bonds. The predicted octanol–water partition coefficient (Wildman–Crippen LogP) is 2.01. The largest absolute Gasteiger partial charge is 0.367 e. The van der Waals surface area contributed by atoms with E-state index in [1.165, 1.54) is 22.9 Å². The van der Waals surface area contributed by atoms with Crippen molar-refractivity contribution in [2.45, 2.75) is 0 Å². The SMILES string of the molecule is Nc1nsc(-c2ncsc2Br)n1. The summed E-state index contributed by atoms with van der Waals surface area (Å²) in [5, 5.41) is 0.751. The van der Waals surface area contributed by atoms with E-state index < -0.39 is 0 Å². The lowest BCUT2D eigenvalue weighted by Crippen LogP contribution is -1.85. The van der Waals surface area contributed by atoms with E-state index in [1.807, 2.05) is 0 Å². The Hall–Kier alpha value is -0.530. The van der Waals surface area contributed by atoms with Crippen molar-refractivity contribution in [1.82, 2.24) is 14.3 Å². The molecule has 0 aliphatic carbocycles. The van der Waals surface area contributed by atoms with E-state index in [9.17, 15) is 0 Å². The van der Waals surface area contributed by atoms with Crippen molar-refractivity contribution in [1.29, 1.82) is 0 Å². The van der Waals surface area contributed by atoms with E-state index in [-0.39, 0.29) is 0 Å². The molecule has 0 aromatic carbocycles. The molecule has 0 fully saturated rings. The summed E-state index contributed by atoms with van der Waals surface area (Å²) in [4.78, 5) is 8.14. The molecule has 0 spiro atoms. The fourth-order valence-corrected chi connectivity index (χ4v) is 2.55. The lowest BCUT2D eigenvalue weighted by molar-refractivity contribution is 1.31. The Morgan fingerprint density at radius 2 is 2.33 bits per heavy atom. The number of halogens is 1. The lowest BCUT2D eigenvalue weighted by Gasteiger charge is -1.86. The fraction of sp³-hybridized carbons (Fsp3) is 0. The minimum atomic E-state index is 0.301. The fourth-order valence-electron chi connectivity index (χ4n) is 0.702. The second kappa shape index (κ2) is 3.08. The molecule has 7 heteroatoms. The number of anilines is 1. The van der Waals surface area contributed by atoms with Crippen molar-refractivity contribution < 1.29 is 0 Å². The normalized spacial score (nSPS) is 10.4. The standard InChI is InChI=1S/C5H3BrN4S2/c6-3-2(8-1-11-3)4-9-5(7)10-12-4/h1H,(H2,7,10). The number of hydrogen-bond donors (Lipinski definition) is 1. The quantitative estimate of drug-likeness (QED) is 0.854. The number of aromatic nitrogens is 3. The van der Waals surface area contributed by atoms with Crippen LogP contribution in [0.25, 0.3) is 10.7 Å². The molecule has 0 aliphatic heterocycles. The number of thiazole rings is 1. The van der Waals surface area contributed by atoms with Crippen LogP contribution in [0.2, 0.25) is 0 Å². The average Bonchev–Trinajstić information content (AvgIpc) is 2.58. The molecule has 4 nitrogen and oxygen atoms in total. The van der Waals surface area contributed by atoms with Crippen molar-refractivity contribution >= 4 is 44.7 Å². The van der Waals surface area contributed by atoms with Crippen LogP contribution >= 0.6 is 38.8 Å². The molecule has 0 saturated heterocycles. The third-order valence-corrected chi connectivity index (χ3v) is 3.45. The summed E-state index contributed by atoms with van der Waals surface area (Å²) in [5.41, 5.74) is 7.94. The molecule has 2 aromatic heterocycles. The molecule has 12 heavy (non-hydrogen) atoms. The average molecular weight is 263 g/mol.